The number of hydrogen-bond donors (Lipinski definition) is 3. The normalized spacial score (nSPS) is 21.1. The van der Waals surface area contributed by atoms with Gasteiger partial charge in [0.05, 0.1) is 31.1 Å². The van der Waals surface area contributed by atoms with E-state index in [1.165, 1.54) is 4.90 Å². The average molecular weight is 625 g/mol. The summed E-state index contributed by atoms with van der Waals surface area (Å²) in [7, 11) is 0. The van der Waals surface area contributed by atoms with Gasteiger partial charge in [-0.2, -0.15) is 54.0 Å². The molecule has 0 spiro atoms. The zero-order chi connectivity index (χ0) is 25.3. The van der Waals surface area contributed by atoms with Crippen molar-refractivity contribution in [2.45, 2.75) is 72.6 Å². The Bertz CT molecular complexity index is 755. The highest BCUT2D eigenvalue weighted by Gasteiger charge is 2.43. The van der Waals surface area contributed by atoms with Crippen LogP contribution in [0.5, 0.6) is 0 Å². The first-order valence-corrected chi connectivity index (χ1v) is 11.0. The Morgan fingerprint density at radius 1 is 0.842 bits per heavy atom. The van der Waals surface area contributed by atoms with Gasteiger partial charge in [0.2, 0.25) is 11.8 Å². The molecule has 2 aliphatic rings. The zero-order valence-corrected chi connectivity index (χ0v) is 25.9. The summed E-state index contributed by atoms with van der Waals surface area (Å²) >= 11 is 0. The molecule has 0 aromatic carbocycles. The molecule has 38 heavy (non-hydrogen) atoms. The Morgan fingerprint density at radius 2 is 1.32 bits per heavy atom. The lowest BCUT2D eigenvalue weighted by Crippen LogP contribution is -2.45. The van der Waals surface area contributed by atoms with Crippen LogP contribution in [0.15, 0.2) is 0 Å². The van der Waals surface area contributed by atoms with E-state index >= 15 is 0 Å². The van der Waals surface area contributed by atoms with E-state index in [1.54, 1.807) is 34.6 Å². The van der Waals surface area contributed by atoms with E-state index in [0.717, 1.165) is 0 Å². The second kappa shape index (κ2) is 21.3. The number of carbonyl (C=O) groups is 5. The summed E-state index contributed by atoms with van der Waals surface area (Å²) in [4.78, 5) is 58.3. The Kier molecular flexibility index (Phi) is 26.0. The molecule has 12 nitrogen and oxygen atoms in total. The number of ether oxygens (including phenoxy) is 3. The number of nitrogens with two attached hydrogens (primary N) is 2. The van der Waals surface area contributed by atoms with Crippen molar-refractivity contribution in [1.82, 2.24) is 10.2 Å². The molecule has 0 unspecified atom stereocenters. The van der Waals surface area contributed by atoms with Gasteiger partial charge in [0.1, 0.15) is 11.6 Å². The molecule has 2 saturated heterocycles. The summed E-state index contributed by atoms with van der Waals surface area (Å²) in [6.07, 6.45) is -0.0187. The number of likely N-dealkylation sites (tertiary alicyclic amines) is 1. The first-order chi connectivity index (χ1) is 15.3. The van der Waals surface area contributed by atoms with Crippen molar-refractivity contribution in [3.63, 3.8) is 0 Å². The van der Waals surface area contributed by atoms with Crippen LogP contribution in [0.3, 0.4) is 0 Å². The molecule has 5 N–H and O–H groups in total. The molecule has 0 aliphatic carbocycles. The molecule has 16 heteroatoms. The van der Waals surface area contributed by atoms with Crippen LogP contribution in [0.25, 0.3) is 0 Å². The fraction of sp³-hybridized carbons (Fsp3) is 0.773. The van der Waals surface area contributed by atoms with Gasteiger partial charge < -0.3 is 31.0 Å². The second-order valence-corrected chi connectivity index (χ2v) is 8.78. The maximum Gasteiger partial charge on any atom is 0.410 e. The van der Waals surface area contributed by atoms with E-state index in [1.807, 2.05) is 0 Å². The van der Waals surface area contributed by atoms with Gasteiger partial charge in [-0.05, 0) is 47.5 Å². The molecule has 3 amide bonds. The van der Waals surface area contributed by atoms with Crippen molar-refractivity contribution >= 4 is 83.8 Å². The van der Waals surface area contributed by atoms with Gasteiger partial charge >= 0.3 is 18.0 Å². The Morgan fingerprint density at radius 3 is 1.68 bits per heavy atom. The van der Waals surface area contributed by atoms with Crippen molar-refractivity contribution < 1.29 is 38.2 Å². The third-order valence-corrected chi connectivity index (χ3v) is 4.97. The summed E-state index contributed by atoms with van der Waals surface area (Å²) in [5.41, 5.74) is 9.69. The molecule has 2 aliphatic heterocycles. The van der Waals surface area contributed by atoms with E-state index in [9.17, 15) is 24.0 Å². The van der Waals surface area contributed by atoms with E-state index in [4.69, 9.17) is 25.7 Å². The fourth-order valence-corrected chi connectivity index (χ4v) is 3.45. The van der Waals surface area contributed by atoms with E-state index < -0.39 is 41.4 Å². The van der Waals surface area contributed by atoms with Gasteiger partial charge in [0, 0.05) is 13.1 Å². The summed E-state index contributed by atoms with van der Waals surface area (Å²) < 4.78 is 15.0. The van der Waals surface area contributed by atoms with E-state index in [0.29, 0.717) is 19.6 Å². The van der Waals surface area contributed by atoms with E-state index in [2.05, 4.69) is 5.32 Å². The molecule has 2 heterocycles. The molecule has 2 rings (SSSR count). The Hall–Kier alpha value is -1.49. The molecule has 228 valence electrons. The van der Waals surface area contributed by atoms with Gasteiger partial charge in [-0.1, -0.05) is 7.43 Å². The molecule has 2 fully saturated rings. The van der Waals surface area contributed by atoms with Gasteiger partial charge in [0.15, 0.2) is 0 Å². The SMILES string of the molecule is C.CCOC(=O)[C@@H]1CN[C@H](C(N)=O)C1.CCOC(=O)[C@H]1C[C@@H](C(N)=O)N(C(=O)OC(C)(C)C)C1.S.S.S.S. The van der Waals surface area contributed by atoms with Crippen molar-refractivity contribution in [3.8, 4) is 0 Å². The van der Waals surface area contributed by atoms with Crippen LogP contribution in [0, 0.1) is 11.8 Å². The highest BCUT2D eigenvalue weighted by Crippen LogP contribution is 2.26. The summed E-state index contributed by atoms with van der Waals surface area (Å²) in [5.74, 6) is -2.50. The van der Waals surface area contributed by atoms with Crippen LogP contribution in [0.4, 0.5) is 4.79 Å². The number of amides is 3. The number of hydrogen-bond acceptors (Lipinski definition) is 9. The Labute approximate surface area is 253 Å². The van der Waals surface area contributed by atoms with E-state index in [-0.39, 0.29) is 98.9 Å². The molecule has 0 aromatic rings. The van der Waals surface area contributed by atoms with Gasteiger partial charge in [-0.3, -0.25) is 24.1 Å². The number of rotatable bonds is 6. The second-order valence-electron chi connectivity index (χ2n) is 8.78. The molecule has 0 bridgehead atoms. The zero-order valence-electron chi connectivity index (χ0n) is 21.9. The van der Waals surface area contributed by atoms with Crippen LogP contribution in [0.1, 0.15) is 54.9 Å². The number of nitrogens with zero attached hydrogens (tertiary/aromatic N) is 1. The van der Waals surface area contributed by atoms with Crippen molar-refractivity contribution in [2.24, 2.45) is 23.3 Å². The Balaban J connectivity index is -0.000000179. The average Bonchev–Trinajstić information content (AvgIpc) is 3.35. The fourth-order valence-electron chi connectivity index (χ4n) is 3.45. The first kappa shape index (κ1) is 46.4. The van der Waals surface area contributed by atoms with Crippen LogP contribution < -0.4 is 16.8 Å². The number of carbonyl (C=O) groups excluding carboxylic acids is 5. The third-order valence-electron chi connectivity index (χ3n) is 4.97. The lowest BCUT2D eigenvalue weighted by atomic mass is 10.1. The third kappa shape index (κ3) is 15.2. The van der Waals surface area contributed by atoms with Gasteiger partial charge in [0.25, 0.3) is 0 Å². The topological polar surface area (TPSA) is 180 Å². The quantitative estimate of drug-likeness (QED) is 0.284. The molecule has 4 atom stereocenters. The largest absolute Gasteiger partial charge is 0.466 e. The van der Waals surface area contributed by atoms with Crippen LogP contribution in [0.2, 0.25) is 0 Å². The number of nitrogens with one attached hydrogen (secondary N) is 1. The van der Waals surface area contributed by atoms with Crippen LogP contribution in [-0.2, 0) is 33.4 Å². The smallest absolute Gasteiger partial charge is 0.410 e. The molecule has 0 radical (unpaired) electrons. The molecular formula is C22H48N4O8S4. The highest BCUT2D eigenvalue weighted by molar-refractivity contribution is 7.59. The van der Waals surface area contributed by atoms with Gasteiger partial charge in [-0.15, -0.1) is 0 Å². The lowest BCUT2D eigenvalue weighted by Gasteiger charge is -2.27. The summed E-state index contributed by atoms with van der Waals surface area (Å²) in [6.45, 7) is 9.82. The minimum Gasteiger partial charge on any atom is -0.466 e. The summed E-state index contributed by atoms with van der Waals surface area (Å²) in [6, 6.07) is -1.21. The molecule has 0 aromatic heterocycles. The van der Waals surface area contributed by atoms with Gasteiger partial charge in [-0.25, -0.2) is 4.79 Å². The predicted molar refractivity (Wildman–Crippen MR) is 165 cm³/mol. The number of primary amides is 2. The number of esters is 2. The van der Waals surface area contributed by atoms with Crippen LogP contribution >= 0.6 is 54.0 Å². The molecule has 0 saturated carbocycles. The minimum absolute atomic E-state index is 0. The predicted octanol–water partition coefficient (Wildman–Crippen LogP) is 0.761. The lowest BCUT2D eigenvalue weighted by molar-refractivity contribution is -0.148. The molecular weight excluding hydrogens is 577 g/mol. The maximum atomic E-state index is 12.0. The summed E-state index contributed by atoms with van der Waals surface area (Å²) in [5, 5.41) is 2.87. The monoisotopic (exact) mass is 624 g/mol. The van der Waals surface area contributed by atoms with Crippen molar-refractivity contribution in [3.05, 3.63) is 0 Å². The standard InChI is InChI=1S/C13H22N2O5.C8H14N2O3.CH4.4H2S/c1-5-19-11(17)8-6-9(10(14)16)15(7-8)12(18)20-13(2,3)4;1-2-13-8(12)5-3-6(7(9)11)10-4-5;;;;;/h8-9H,5-7H2,1-4H3,(H2,14,16);5-6,10H,2-4H2,1H3,(H2,9,11);1H4;4*1H2/t8-,9-;5-,6-;;;;;/m00...../s1. The van der Waals surface area contributed by atoms with Crippen molar-refractivity contribution in [1.29, 1.82) is 0 Å². The highest BCUT2D eigenvalue weighted by atomic mass is 32.1. The maximum absolute atomic E-state index is 12.0. The minimum atomic E-state index is -0.834. The van der Waals surface area contributed by atoms with Crippen molar-refractivity contribution in [2.75, 3.05) is 26.3 Å². The van der Waals surface area contributed by atoms with Crippen LogP contribution in [-0.4, -0.2) is 78.7 Å². The first-order valence-electron chi connectivity index (χ1n) is 11.0.